The van der Waals surface area contributed by atoms with E-state index in [4.69, 9.17) is 14.2 Å². The third kappa shape index (κ3) is 5.00. The molecule has 0 aliphatic carbocycles. The summed E-state index contributed by atoms with van der Waals surface area (Å²) in [6.45, 7) is 7.96. The third-order valence-corrected chi connectivity index (χ3v) is 3.69. The molecule has 0 radical (unpaired) electrons. The molecule has 1 heterocycles. The molecule has 120 valence electrons. The molecule has 0 spiro atoms. The predicted octanol–water partition coefficient (Wildman–Crippen LogP) is 0.614. The van der Waals surface area contributed by atoms with Crippen molar-refractivity contribution in [1.29, 1.82) is 0 Å². The van der Waals surface area contributed by atoms with Crippen LogP contribution in [-0.2, 0) is 28.6 Å². The van der Waals surface area contributed by atoms with Crippen molar-refractivity contribution in [3.63, 3.8) is 0 Å². The first-order valence-corrected chi connectivity index (χ1v) is 6.95. The first-order chi connectivity index (χ1) is 9.72. The van der Waals surface area contributed by atoms with Gasteiger partial charge in [-0.05, 0) is 11.8 Å². The van der Waals surface area contributed by atoms with Crippen LogP contribution in [0.2, 0.25) is 0 Å². The van der Waals surface area contributed by atoms with Gasteiger partial charge in [-0.3, -0.25) is 14.4 Å². The number of carbonyl (C=O) groups excluding carboxylic acids is 3. The number of rotatable bonds is 4. The van der Waals surface area contributed by atoms with Crippen molar-refractivity contribution in [1.82, 2.24) is 5.32 Å². The first-order valence-electron chi connectivity index (χ1n) is 6.95. The number of ether oxygens (including phenoxy) is 3. The minimum atomic E-state index is -0.891. The number of amides is 1. The van der Waals surface area contributed by atoms with Crippen LogP contribution in [0.15, 0.2) is 0 Å². The van der Waals surface area contributed by atoms with Crippen molar-refractivity contribution < 1.29 is 28.6 Å². The summed E-state index contributed by atoms with van der Waals surface area (Å²) in [5.74, 6) is -1.10. The van der Waals surface area contributed by atoms with E-state index in [-0.39, 0.29) is 24.3 Å². The van der Waals surface area contributed by atoms with Crippen LogP contribution in [0, 0.1) is 11.8 Å². The second-order valence-corrected chi connectivity index (χ2v) is 5.40. The molecule has 7 nitrogen and oxygen atoms in total. The Labute approximate surface area is 124 Å². The molecule has 1 rings (SSSR count). The number of hydrogen-bond donors (Lipinski definition) is 1. The Morgan fingerprint density at radius 1 is 1.05 bits per heavy atom. The molecule has 0 aromatic carbocycles. The summed E-state index contributed by atoms with van der Waals surface area (Å²) in [6, 6.07) is -0.435. The molecule has 3 unspecified atom stereocenters. The second-order valence-electron chi connectivity index (χ2n) is 5.40. The summed E-state index contributed by atoms with van der Waals surface area (Å²) < 4.78 is 15.8. The van der Waals surface area contributed by atoms with Crippen molar-refractivity contribution in [2.45, 2.75) is 53.1 Å². The van der Waals surface area contributed by atoms with Crippen LogP contribution in [-0.4, -0.2) is 42.9 Å². The number of hydrogen-bond acceptors (Lipinski definition) is 6. The Bertz CT molecular complexity index is 408. The number of esters is 2. The molecule has 1 saturated heterocycles. The quantitative estimate of drug-likeness (QED) is 0.765. The fourth-order valence-corrected chi connectivity index (χ4v) is 2.38. The Hall–Kier alpha value is -1.63. The van der Waals surface area contributed by atoms with Crippen molar-refractivity contribution in [2.75, 3.05) is 6.61 Å². The molecule has 1 amide bonds. The lowest BCUT2D eigenvalue weighted by Gasteiger charge is -2.43. The SMILES string of the molecule is CC(=O)NC1C(OC(C)=O)OC(COC(C)=O)[C@@H](C)[C@@H]1C. The van der Waals surface area contributed by atoms with E-state index in [0.29, 0.717) is 0 Å². The molecule has 0 bridgehead atoms. The summed E-state index contributed by atoms with van der Waals surface area (Å²) >= 11 is 0. The third-order valence-electron chi connectivity index (χ3n) is 3.69. The summed E-state index contributed by atoms with van der Waals surface area (Å²) in [4.78, 5) is 33.4. The van der Waals surface area contributed by atoms with Crippen LogP contribution < -0.4 is 5.32 Å². The highest BCUT2D eigenvalue weighted by molar-refractivity contribution is 5.73. The molecule has 1 aliphatic rings. The Morgan fingerprint density at radius 3 is 2.14 bits per heavy atom. The van der Waals surface area contributed by atoms with Gasteiger partial charge in [0.25, 0.3) is 0 Å². The fraction of sp³-hybridized carbons (Fsp3) is 0.786. The van der Waals surface area contributed by atoms with Gasteiger partial charge in [0.1, 0.15) is 6.61 Å². The van der Waals surface area contributed by atoms with Crippen LogP contribution in [0.1, 0.15) is 34.6 Å². The van der Waals surface area contributed by atoms with Gasteiger partial charge in [-0.2, -0.15) is 0 Å². The van der Waals surface area contributed by atoms with Gasteiger partial charge < -0.3 is 19.5 Å². The van der Waals surface area contributed by atoms with E-state index in [9.17, 15) is 14.4 Å². The van der Waals surface area contributed by atoms with Crippen LogP contribution in [0.3, 0.4) is 0 Å². The lowest BCUT2D eigenvalue weighted by molar-refractivity contribution is -0.238. The molecule has 1 N–H and O–H groups in total. The Morgan fingerprint density at radius 2 is 1.67 bits per heavy atom. The van der Waals surface area contributed by atoms with Gasteiger partial charge in [0.2, 0.25) is 12.2 Å². The van der Waals surface area contributed by atoms with Crippen LogP contribution >= 0.6 is 0 Å². The van der Waals surface area contributed by atoms with Crippen LogP contribution in [0.5, 0.6) is 0 Å². The average molecular weight is 301 g/mol. The maximum atomic E-state index is 11.3. The van der Waals surface area contributed by atoms with Crippen molar-refractivity contribution >= 4 is 17.8 Å². The molecule has 1 fully saturated rings. The zero-order chi connectivity index (χ0) is 16.2. The molecule has 5 atom stereocenters. The minimum Gasteiger partial charge on any atom is -0.463 e. The van der Waals surface area contributed by atoms with Gasteiger partial charge in [0.15, 0.2) is 0 Å². The van der Waals surface area contributed by atoms with Crippen molar-refractivity contribution in [3.8, 4) is 0 Å². The van der Waals surface area contributed by atoms with E-state index in [1.165, 1.54) is 20.8 Å². The van der Waals surface area contributed by atoms with E-state index in [0.717, 1.165) is 0 Å². The number of nitrogens with one attached hydrogen (secondary N) is 1. The van der Waals surface area contributed by atoms with Crippen molar-refractivity contribution in [3.05, 3.63) is 0 Å². The lowest BCUT2D eigenvalue weighted by Crippen LogP contribution is -2.58. The molecule has 0 saturated carbocycles. The Kier molecular flexibility index (Phi) is 6.14. The van der Waals surface area contributed by atoms with Gasteiger partial charge in [-0.15, -0.1) is 0 Å². The first kappa shape index (κ1) is 17.4. The maximum Gasteiger partial charge on any atom is 0.305 e. The zero-order valence-corrected chi connectivity index (χ0v) is 13.0. The molecule has 0 aromatic heterocycles. The molecule has 21 heavy (non-hydrogen) atoms. The van der Waals surface area contributed by atoms with Gasteiger partial charge in [0, 0.05) is 20.8 Å². The minimum absolute atomic E-state index is 0.00689. The highest BCUT2D eigenvalue weighted by atomic mass is 16.7. The zero-order valence-electron chi connectivity index (χ0n) is 13.0. The molecular weight excluding hydrogens is 278 g/mol. The maximum absolute atomic E-state index is 11.3. The van der Waals surface area contributed by atoms with E-state index in [1.807, 2.05) is 13.8 Å². The summed E-state index contributed by atoms with van der Waals surface area (Å²) in [6.07, 6.45) is -1.28. The summed E-state index contributed by atoms with van der Waals surface area (Å²) in [5.41, 5.74) is 0. The summed E-state index contributed by atoms with van der Waals surface area (Å²) in [7, 11) is 0. The smallest absolute Gasteiger partial charge is 0.305 e. The average Bonchev–Trinajstić information content (AvgIpc) is 2.35. The highest BCUT2D eigenvalue weighted by Gasteiger charge is 2.43. The molecule has 0 aromatic rings. The monoisotopic (exact) mass is 301 g/mol. The van der Waals surface area contributed by atoms with Crippen LogP contribution in [0.4, 0.5) is 0 Å². The summed E-state index contributed by atoms with van der Waals surface area (Å²) in [5, 5.41) is 2.75. The second kappa shape index (κ2) is 7.40. The largest absolute Gasteiger partial charge is 0.463 e. The fourth-order valence-electron chi connectivity index (χ4n) is 2.38. The van der Waals surface area contributed by atoms with Gasteiger partial charge >= 0.3 is 11.9 Å². The van der Waals surface area contributed by atoms with E-state index in [2.05, 4.69) is 5.32 Å². The van der Waals surface area contributed by atoms with Gasteiger partial charge in [0.05, 0.1) is 12.1 Å². The normalized spacial score (nSPS) is 32.1. The topological polar surface area (TPSA) is 90.9 Å². The molecular formula is C14H23NO6. The standard InChI is InChI=1S/C14H23NO6/c1-7-8(2)13(15-9(3)16)14(20-11(5)18)21-12(7)6-19-10(4)17/h7-8,12-14H,6H2,1-5H3,(H,15,16)/t7-,8-,12?,13?,14?/m0/s1. The van der Waals surface area contributed by atoms with Gasteiger partial charge in [-0.25, -0.2) is 0 Å². The van der Waals surface area contributed by atoms with E-state index in [1.54, 1.807) is 0 Å². The van der Waals surface area contributed by atoms with E-state index >= 15 is 0 Å². The molecule has 7 heteroatoms. The van der Waals surface area contributed by atoms with Crippen LogP contribution in [0.25, 0.3) is 0 Å². The van der Waals surface area contributed by atoms with Gasteiger partial charge in [-0.1, -0.05) is 13.8 Å². The number of carbonyl (C=O) groups is 3. The van der Waals surface area contributed by atoms with E-state index < -0.39 is 30.4 Å². The molecule has 1 aliphatic heterocycles. The Balaban J connectivity index is 2.84. The highest BCUT2D eigenvalue weighted by Crippen LogP contribution is 2.31. The van der Waals surface area contributed by atoms with Crippen molar-refractivity contribution in [2.24, 2.45) is 11.8 Å². The lowest BCUT2D eigenvalue weighted by atomic mass is 9.82. The predicted molar refractivity (Wildman–Crippen MR) is 73.0 cm³/mol.